The summed E-state index contributed by atoms with van der Waals surface area (Å²) in [5, 5.41) is 4.53. The van der Waals surface area contributed by atoms with Crippen LogP contribution >= 0.6 is 11.6 Å². The number of carbonyl (C=O) groups is 2. The van der Waals surface area contributed by atoms with Crippen LogP contribution in [-0.2, 0) is 0 Å². The zero-order chi connectivity index (χ0) is 20.4. The number of carbonyl (C=O) groups excluding carboxylic acids is 2. The lowest BCUT2D eigenvalue weighted by atomic mass is 10.1. The Morgan fingerprint density at radius 1 is 1.00 bits per heavy atom. The Bertz CT molecular complexity index is 898. The molecule has 4 nitrogen and oxygen atoms in total. The molecule has 0 aromatic heterocycles. The third-order valence-corrected chi connectivity index (χ3v) is 3.91. The first-order chi connectivity index (χ1) is 12.5. The van der Waals surface area contributed by atoms with E-state index in [9.17, 15) is 27.2 Å². The molecule has 2 N–H and O–H groups in total. The molecule has 2 aromatic rings. The Labute approximate surface area is 157 Å². The van der Waals surface area contributed by atoms with Crippen molar-refractivity contribution in [2.75, 3.05) is 11.9 Å². The molecule has 0 bridgehead atoms. The minimum absolute atomic E-state index is 0.104. The summed E-state index contributed by atoms with van der Waals surface area (Å²) in [6, 6.07) is 6.48. The van der Waals surface area contributed by atoms with Crippen LogP contribution in [0.15, 0.2) is 30.3 Å². The van der Waals surface area contributed by atoms with Crippen molar-refractivity contribution >= 4 is 29.1 Å². The standard InChI is InChI=1S/C18H15ClF4N2O2/c1-9-5-11(19)3-4-12(9)17(27)25-15-6-10(2)14(20)7-13(15)16(26)24-8-18(21,22)23/h3-7H,8H2,1-2H3,(H,24,26)(H,25,27). The molecule has 2 aromatic carbocycles. The number of anilines is 1. The van der Waals surface area contributed by atoms with Crippen LogP contribution in [0.2, 0.25) is 5.02 Å². The van der Waals surface area contributed by atoms with Gasteiger partial charge in [-0.05, 0) is 55.3 Å². The lowest BCUT2D eigenvalue weighted by Gasteiger charge is -2.15. The van der Waals surface area contributed by atoms with E-state index in [0.717, 1.165) is 6.07 Å². The molecule has 0 heterocycles. The Balaban J connectivity index is 2.33. The maximum Gasteiger partial charge on any atom is 0.405 e. The summed E-state index contributed by atoms with van der Waals surface area (Å²) >= 11 is 5.84. The predicted octanol–water partition coefficient (Wildman–Crippen LogP) is 4.64. The highest BCUT2D eigenvalue weighted by Gasteiger charge is 2.28. The Morgan fingerprint density at radius 2 is 1.67 bits per heavy atom. The fourth-order valence-corrected chi connectivity index (χ4v) is 2.55. The molecule has 0 saturated heterocycles. The molecule has 0 saturated carbocycles. The molecular weight excluding hydrogens is 388 g/mol. The lowest BCUT2D eigenvalue weighted by molar-refractivity contribution is -0.123. The number of alkyl halides is 3. The average Bonchev–Trinajstić information content (AvgIpc) is 2.55. The maximum atomic E-state index is 13.8. The third-order valence-electron chi connectivity index (χ3n) is 3.67. The van der Waals surface area contributed by atoms with Gasteiger partial charge in [0, 0.05) is 10.6 Å². The number of aryl methyl sites for hydroxylation is 2. The summed E-state index contributed by atoms with van der Waals surface area (Å²) in [5.74, 6) is -2.55. The van der Waals surface area contributed by atoms with E-state index < -0.39 is 35.9 Å². The van der Waals surface area contributed by atoms with E-state index in [4.69, 9.17) is 11.6 Å². The summed E-state index contributed by atoms with van der Waals surface area (Å²) in [5.41, 5.74) is 0.408. The van der Waals surface area contributed by atoms with Crippen molar-refractivity contribution in [2.24, 2.45) is 0 Å². The van der Waals surface area contributed by atoms with Crippen molar-refractivity contribution < 1.29 is 27.2 Å². The van der Waals surface area contributed by atoms with E-state index in [-0.39, 0.29) is 16.8 Å². The highest BCUT2D eigenvalue weighted by atomic mass is 35.5. The quantitative estimate of drug-likeness (QED) is 0.732. The molecule has 0 fully saturated rings. The van der Waals surface area contributed by atoms with Gasteiger partial charge in [-0.15, -0.1) is 0 Å². The Morgan fingerprint density at radius 3 is 2.26 bits per heavy atom. The SMILES string of the molecule is Cc1cc(NC(=O)c2ccc(Cl)cc2C)c(C(=O)NCC(F)(F)F)cc1F. The molecule has 0 aliphatic carbocycles. The molecular formula is C18H15ClF4N2O2. The van der Waals surface area contributed by atoms with Crippen LogP contribution in [0.3, 0.4) is 0 Å². The number of hydrogen-bond donors (Lipinski definition) is 2. The van der Waals surface area contributed by atoms with E-state index in [2.05, 4.69) is 5.32 Å². The van der Waals surface area contributed by atoms with Gasteiger partial charge in [-0.2, -0.15) is 13.2 Å². The number of rotatable bonds is 4. The maximum absolute atomic E-state index is 13.8. The fourth-order valence-electron chi connectivity index (χ4n) is 2.32. The Kier molecular flexibility index (Phi) is 6.10. The molecule has 0 atom stereocenters. The van der Waals surface area contributed by atoms with Crippen LogP contribution in [0, 0.1) is 19.7 Å². The number of halogens is 5. The van der Waals surface area contributed by atoms with Crippen molar-refractivity contribution in [1.29, 1.82) is 0 Å². The normalized spacial score (nSPS) is 11.2. The largest absolute Gasteiger partial charge is 0.405 e. The minimum atomic E-state index is -4.62. The number of amides is 2. The van der Waals surface area contributed by atoms with Crippen LogP contribution in [0.25, 0.3) is 0 Å². The van der Waals surface area contributed by atoms with Crippen LogP contribution in [0.1, 0.15) is 31.8 Å². The van der Waals surface area contributed by atoms with Gasteiger partial charge >= 0.3 is 6.18 Å². The van der Waals surface area contributed by atoms with Crippen molar-refractivity contribution in [2.45, 2.75) is 20.0 Å². The van der Waals surface area contributed by atoms with E-state index in [1.807, 2.05) is 0 Å². The van der Waals surface area contributed by atoms with E-state index in [1.165, 1.54) is 25.1 Å². The van der Waals surface area contributed by atoms with Crippen molar-refractivity contribution in [3.05, 3.63) is 63.4 Å². The molecule has 144 valence electrons. The Hall–Kier alpha value is -2.61. The smallest absolute Gasteiger partial charge is 0.343 e. The topological polar surface area (TPSA) is 58.2 Å². The predicted molar refractivity (Wildman–Crippen MR) is 93.7 cm³/mol. The minimum Gasteiger partial charge on any atom is -0.343 e. The summed E-state index contributed by atoms with van der Waals surface area (Å²) in [6.45, 7) is 1.47. The summed E-state index contributed by atoms with van der Waals surface area (Å²) < 4.78 is 50.8. The fraction of sp³-hybridized carbons (Fsp3) is 0.222. The first kappa shape index (κ1) is 20.7. The van der Waals surface area contributed by atoms with Gasteiger partial charge in [0.1, 0.15) is 12.4 Å². The van der Waals surface area contributed by atoms with Gasteiger partial charge in [0.05, 0.1) is 11.3 Å². The van der Waals surface area contributed by atoms with Crippen LogP contribution in [-0.4, -0.2) is 24.5 Å². The molecule has 0 spiro atoms. The van der Waals surface area contributed by atoms with E-state index >= 15 is 0 Å². The second kappa shape index (κ2) is 7.96. The zero-order valence-electron chi connectivity index (χ0n) is 14.3. The van der Waals surface area contributed by atoms with Gasteiger partial charge in [0.2, 0.25) is 0 Å². The molecule has 2 amide bonds. The molecule has 0 unspecified atom stereocenters. The molecule has 0 aliphatic heterocycles. The van der Waals surface area contributed by atoms with Crippen LogP contribution in [0.5, 0.6) is 0 Å². The number of hydrogen-bond acceptors (Lipinski definition) is 2. The van der Waals surface area contributed by atoms with Gasteiger partial charge in [0.15, 0.2) is 0 Å². The average molecular weight is 403 g/mol. The molecule has 0 radical (unpaired) electrons. The van der Waals surface area contributed by atoms with Crippen molar-refractivity contribution in [3.63, 3.8) is 0 Å². The van der Waals surface area contributed by atoms with E-state index in [1.54, 1.807) is 18.3 Å². The molecule has 0 aliphatic rings. The van der Waals surface area contributed by atoms with E-state index in [0.29, 0.717) is 10.6 Å². The summed E-state index contributed by atoms with van der Waals surface area (Å²) in [4.78, 5) is 24.5. The molecule has 2 rings (SSSR count). The van der Waals surface area contributed by atoms with Gasteiger partial charge in [-0.1, -0.05) is 11.6 Å². The summed E-state index contributed by atoms with van der Waals surface area (Å²) in [7, 11) is 0. The second-order valence-corrected chi connectivity index (χ2v) is 6.29. The van der Waals surface area contributed by atoms with Crippen LogP contribution < -0.4 is 10.6 Å². The number of nitrogens with one attached hydrogen (secondary N) is 2. The van der Waals surface area contributed by atoms with Gasteiger partial charge in [-0.3, -0.25) is 9.59 Å². The van der Waals surface area contributed by atoms with Gasteiger partial charge < -0.3 is 10.6 Å². The van der Waals surface area contributed by atoms with Crippen molar-refractivity contribution in [3.8, 4) is 0 Å². The molecule has 9 heteroatoms. The monoisotopic (exact) mass is 402 g/mol. The first-order valence-electron chi connectivity index (χ1n) is 7.70. The van der Waals surface area contributed by atoms with Crippen molar-refractivity contribution in [1.82, 2.24) is 5.32 Å². The number of benzene rings is 2. The third kappa shape index (κ3) is 5.43. The summed E-state index contributed by atoms with van der Waals surface area (Å²) in [6.07, 6.45) is -4.62. The highest BCUT2D eigenvalue weighted by molar-refractivity contribution is 6.30. The van der Waals surface area contributed by atoms with Gasteiger partial charge in [-0.25, -0.2) is 4.39 Å². The van der Waals surface area contributed by atoms with Gasteiger partial charge in [0.25, 0.3) is 11.8 Å². The molecule has 27 heavy (non-hydrogen) atoms. The lowest BCUT2D eigenvalue weighted by Crippen LogP contribution is -2.34. The highest BCUT2D eigenvalue weighted by Crippen LogP contribution is 2.23. The second-order valence-electron chi connectivity index (χ2n) is 5.86. The van der Waals surface area contributed by atoms with Crippen LogP contribution in [0.4, 0.5) is 23.2 Å². The zero-order valence-corrected chi connectivity index (χ0v) is 15.1. The first-order valence-corrected chi connectivity index (χ1v) is 8.08.